The van der Waals surface area contributed by atoms with Crippen LogP contribution in [0.5, 0.6) is 17.2 Å². The summed E-state index contributed by atoms with van der Waals surface area (Å²) in [7, 11) is 4.51. The predicted octanol–water partition coefficient (Wildman–Crippen LogP) is 4.08. The number of H-pyrrole nitrogens is 1. The Balaban J connectivity index is 2.07. The van der Waals surface area contributed by atoms with E-state index in [4.69, 9.17) is 38.0 Å². The predicted molar refractivity (Wildman–Crippen MR) is 114 cm³/mol. The SMILES string of the molecule is COc1cc(-c2n[nH]c(=S)n2/N=C\c2ccc(Cl)c([N+](=O)[O-])c2)cc(OC)c1OC. The Kier molecular flexibility index (Phi) is 6.33. The zero-order valence-corrected chi connectivity index (χ0v) is 17.7. The van der Waals surface area contributed by atoms with Crippen molar-refractivity contribution in [2.75, 3.05) is 21.3 Å². The summed E-state index contributed by atoms with van der Waals surface area (Å²) >= 11 is 11.1. The number of nitro benzene ring substituents is 1. The molecule has 0 spiro atoms. The van der Waals surface area contributed by atoms with Gasteiger partial charge in [-0.05, 0) is 30.4 Å². The Hall–Kier alpha value is -3.44. The van der Waals surface area contributed by atoms with E-state index < -0.39 is 4.92 Å². The molecule has 3 aromatic rings. The molecule has 0 saturated carbocycles. The van der Waals surface area contributed by atoms with Crippen molar-refractivity contribution in [2.45, 2.75) is 0 Å². The van der Waals surface area contributed by atoms with Gasteiger partial charge in [0.15, 0.2) is 17.3 Å². The molecule has 1 N–H and O–H groups in total. The van der Waals surface area contributed by atoms with Gasteiger partial charge in [0, 0.05) is 17.2 Å². The normalized spacial score (nSPS) is 10.9. The van der Waals surface area contributed by atoms with E-state index >= 15 is 0 Å². The highest BCUT2D eigenvalue weighted by molar-refractivity contribution is 7.71. The fourth-order valence-electron chi connectivity index (χ4n) is 2.67. The third-order valence-corrected chi connectivity index (χ3v) is 4.65. The number of nitro groups is 1. The van der Waals surface area contributed by atoms with Gasteiger partial charge in [0.25, 0.3) is 5.69 Å². The first-order chi connectivity index (χ1) is 14.4. The molecule has 3 rings (SSSR count). The Morgan fingerprint density at radius 1 is 1.20 bits per heavy atom. The van der Waals surface area contributed by atoms with Crippen LogP contribution in [0.3, 0.4) is 0 Å². The number of methoxy groups -OCH3 is 3. The van der Waals surface area contributed by atoms with Gasteiger partial charge in [0.1, 0.15) is 5.02 Å². The summed E-state index contributed by atoms with van der Waals surface area (Å²) in [6.07, 6.45) is 1.41. The van der Waals surface area contributed by atoms with Crippen LogP contribution in [0.2, 0.25) is 5.02 Å². The first kappa shape index (κ1) is 21.3. The van der Waals surface area contributed by atoms with Crippen LogP contribution in [0.4, 0.5) is 5.69 Å². The molecule has 1 aromatic heterocycles. The molecule has 0 fully saturated rings. The maximum Gasteiger partial charge on any atom is 0.288 e. The van der Waals surface area contributed by atoms with E-state index in [1.807, 2.05) is 0 Å². The minimum atomic E-state index is -0.565. The van der Waals surface area contributed by atoms with Crippen molar-refractivity contribution in [3.63, 3.8) is 0 Å². The second kappa shape index (κ2) is 8.93. The summed E-state index contributed by atoms with van der Waals surface area (Å²) < 4.78 is 17.7. The van der Waals surface area contributed by atoms with Crippen molar-refractivity contribution in [1.29, 1.82) is 0 Å². The summed E-state index contributed by atoms with van der Waals surface area (Å²) in [6, 6.07) is 7.74. The molecule has 2 aromatic carbocycles. The molecule has 0 aliphatic rings. The van der Waals surface area contributed by atoms with E-state index in [0.29, 0.717) is 34.2 Å². The van der Waals surface area contributed by atoms with Crippen LogP contribution in [0.25, 0.3) is 11.4 Å². The number of halogens is 1. The number of aromatic amines is 1. The number of aromatic nitrogens is 3. The molecule has 0 amide bonds. The van der Waals surface area contributed by atoms with Crippen LogP contribution in [-0.4, -0.2) is 47.3 Å². The molecule has 0 atom stereocenters. The van der Waals surface area contributed by atoms with E-state index in [1.165, 1.54) is 44.4 Å². The molecule has 10 nitrogen and oxygen atoms in total. The standard InChI is InChI=1S/C18H16ClN5O5S/c1-27-14-7-11(8-15(28-2)16(14)29-3)17-21-22-18(30)23(17)20-9-10-4-5-12(19)13(6-10)24(25)26/h4-9H,1-3H3,(H,22,30)/b20-9-. The summed E-state index contributed by atoms with van der Waals surface area (Å²) in [5.41, 5.74) is 0.836. The van der Waals surface area contributed by atoms with Gasteiger partial charge in [-0.15, -0.1) is 0 Å². The topological polar surface area (TPSA) is 117 Å². The number of nitrogens with one attached hydrogen (secondary N) is 1. The molecule has 0 aliphatic carbocycles. The Labute approximate surface area is 180 Å². The third kappa shape index (κ3) is 4.11. The molecule has 12 heteroatoms. The van der Waals surface area contributed by atoms with E-state index in [1.54, 1.807) is 18.2 Å². The maximum atomic E-state index is 11.1. The van der Waals surface area contributed by atoms with Gasteiger partial charge in [-0.1, -0.05) is 17.7 Å². The molecular formula is C18H16ClN5O5S. The summed E-state index contributed by atoms with van der Waals surface area (Å²) in [6.45, 7) is 0. The van der Waals surface area contributed by atoms with E-state index in [0.717, 1.165) is 0 Å². The smallest absolute Gasteiger partial charge is 0.288 e. The zero-order valence-electron chi connectivity index (χ0n) is 16.1. The number of benzene rings is 2. The van der Waals surface area contributed by atoms with Crippen molar-refractivity contribution in [2.24, 2.45) is 5.10 Å². The molecule has 0 radical (unpaired) electrons. The molecule has 0 saturated heterocycles. The molecular weight excluding hydrogens is 434 g/mol. The lowest BCUT2D eigenvalue weighted by molar-refractivity contribution is -0.384. The van der Waals surface area contributed by atoms with Crippen LogP contribution < -0.4 is 14.2 Å². The lowest BCUT2D eigenvalue weighted by Crippen LogP contribution is -1.99. The lowest BCUT2D eigenvalue weighted by Gasteiger charge is -2.13. The van der Waals surface area contributed by atoms with Crippen LogP contribution in [0.1, 0.15) is 5.56 Å². The van der Waals surface area contributed by atoms with Crippen LogP contribution in [0, 0.1) is 14.9 Å². The molecule has 0 aliphatic heterocycles. The first-order valence-electron chi connectivity index (χ1n) is 8.35. The summed E-state index contributed by atoms with van der Waals surface area (Å²) in [5, 5.41) is 22.3. The number of hydrogen-bond acceptors (Lipinski definition) is 8. The summed E-state index contributed by atoms with van der Waals surface area (Å²) in [4.78, 5) is 10.5. The van der Waals surface area contributed by atoms with E-state index in [2.05, 4.69) is 15.3 Å². The number of ether oxygens (including phenoxy) is 3. The largest absolute Gasteiger partial charge is 0.493 e. The fraction of sp³-hybridized carbons (Fsp3) is 0.167. The van der Waals surface area contributed by atoms with Gasteiger partial charge in [-0.3, -0.25) is 10.1 Å². The highest BCUT2D eigenvalue weighted by Crippen LogP contribution is 2.40. The van der Waals surface area contributed by atoms with Crippen LogP contribution >= 0.6 is 23.8 Å². The number of hydrogen-bond donors (Lipinski definition) is 1. The first-order valence-corrected chi connectivity index (χ1v) is 9.14. The Morgan fingerprint density at radius 2 is 1.87 bits per heavy atom. The summed E-state index contributed by atoms with van der Waals surface area (Å²) in [5.74, 6) is 1.68. The van der Waals surface area contributed by atoms with Crippen LogP contribution in [0.15, 0.2) is 35.4 Å². The van der Waals surface area contributed by atoms with Gasteiger partial charge in [0.2, 0.25) is 10.5 Å². The van der Waals surface area contributed by atoms with E-state index in [9.17, 15) is 10.1 Å². The highest BCUT2D eigenvalue weighted by Gasteiger charge is 2.18. The van der Waals surface area contributed by atoms with Gasteiger partial charge in [0.05, 0.1) is 32.5 Å². The molecule has 0 unspecified atom stereocenters. The number of nitrogens with zero attached hydrogens (tertiary/aromatic N) is 4. The van der Waals surface area contributed by atoms with Gasteiger partial charge >= 0.3 is 0 Å². The second-order valence-corrected chi connectivity index (χ2v) is 6.58. The Bertz CT molecular complexity index is 1160. The van der Waals surface area contributed by atoms with Gasteiger partial charge in [-0.25, -0.2) is 5.10 Å². The Morgan fingerprint density at radius 3 is 2.43 bits per heavy atom. The van der Waals surface area contributed by atoms with Crippen molar-refractivity contribution >= 4 is 35.7 Å². The highest BCUT2D eigenvalue weighted by atomic mass is 35.5. The van der Waals surface area contributed by atoms with Crippen molar-refractivity contribution in [1.82, 2.24) is 14.9 Å². The molecule has 156 valence electrons. The average Bonchev–Trinajstić information content (AvgIpc) is 3.12. The fourth-order valence-corrected chi connectivity index (χ4v) is 3.04. The van der Waals surface area contributed by atoms with Crippen LogP contribution in [-0.2, 0) is 0 Å². The second-order valence-electron chi connectivity index (χ2n) is 5.79. The molecule has 0 bridgehead atoms. The van der Waals surface area contributed by atoms with E-state index in [-0.39, 0.29) is 15.5 Å². The number of rotatable bonds is 7. The lowest BCUT2D eigenvalue weighted by atomic mass is 10.1. The minimum absolute atomic E-state index is 0.0372. The van der Waals surface area contributed by atoms with Gasteiger partial charge in [-0.2, -0.15) is 14.9 Å². The van der Waals surface area contributed by atoms with Gasteiger partial charge < -0.3 is 14.2 Å². The third-order valence-electron chi connectivity index (χ3n) is 4.06. The minimum Gasteiger partial charge on any atom is -0.493 e. The van der Waals surface area contributed by atoms with Crippen molar-refractivity contribution in [3.8, 4) is 28.6 Å². The zero-order chi connectivity index (χ0) is 21.8. The monoisotopic (exact) mass is 449 g/mol. The molecule has 30 heavy (non-hydrogen) atoms. The van der Waals surface area contributed by atoms with Crippen molar-refractivity contribution in [3.05, 3.63) is 55.8 Å². The maximum absolute atomic E-state index is 11.1. The average molecular weight is 450 g/mol. The quantitative estimate of drug-likeness (QED) is 0.250. The van der Waals surface area contributed by atoms with Crippen molar-refractivity contribution < 1.29 is 19.1 Å². The molecule has 1 heterocycles.